The van der Waals surface area contributed by atoms with E-state index in [9.17, 15) is 9.90 Å². The predicted octanol–water partition coefficient (Wildman–Crippen LogP) is 1.70. The molecule has 1 atom stereocenters. The monoisotopic (exact) mass is 280 g/mol. The summed E-state index contributed by atoms with van der Waals surface area (Å²) in [6, 6.07) is 7.08. The average Bonchev–Trinajstić information content (AvgIpc) is 2.37. The van der Waals surface area contributed by atoms with Crippen LogP contribution in [-0.2, 0) is 4.79 Å². The Morgan fingerprint density at radius 1 is 1.50 bits per heavy atom. The van der Waals surface area contributed by atoms with Crippen LogP contribution in [0.5, 0.6) is 5.75 Å². The Morgan fingerprint density at radius 2 is 2.25 bits per heavy atom. The second-order valence-electron chi connectivity index (χ2n) is 5.19. The normalized spacial score (nSPS) is 13.6. The van der Waals surface area contributed by atoms with Gasteiger partial charge in [0.25, 0.3) is 0 Å². The SMILES string of the molecule is CCCC(C)(O)CNC(=O)CCOc1cccc(N)c1. The van der Waals surface area contributed by atoms with Crippen molar-refractivity contribution in [2.75, 3.05) is 18.9 Å². The number of anilines is 1. The first kappa shape index (κ1) is 16.3. The fourth-order valence-electron chi connectivity index (χ4n) is 1.87. The summed E-state index contributed by atoms with van der Waals surface area (Å²) >= 11 is 0. The molecule has 1 aromatic carbocycles. The van der Waals surface area contributed by atoms with E-state index in [1.54, 1.807) is 31.2 Å². The van der Waals surface area contributed by atoms with Crippen LogP contribution in [0.3, 0.4) is 0 Å². The molecule has 0 heterocycles. The molecule has 0 bridgehead atoms. The molecule has 0 aromatic heterocycles. The third-order valence-electron chi connectivity index (χ3n) is 2.91. The van der Waals surface area contributed by atoms with E-state index in [1.807, 2.05) is 6.92 Å². The zero-order valence-electron chi connectivity index (χ0n) is 12.2. The number of nitrogens with two attached hydrogens (primary N) is 1. The number of hydrogen-bond acceptors (Lipinski definition) is 4. The molecular weight excluding hydrogens is 256 g/mol. The summed E-state index contributed by atoms with van der Waals surface area (Å²) in [6.07, 6.45) is 1.78. The molecule has 112 valence electrons. The molecule has 5 heteroatoms. The maximum absolute atomic E-state index is 11.6. The molecule has 0 saturated heterocycles. The fourth-order valence-corrected chi connectivity index (χ4v) is 1.87. The lowest BCUT2D eigenvalue weighted by molar-refractivity contribution is -0.122. The first-order chi connectivity index (χ1) is 9.43. The van der Waals surface area contributed by atoms with Crippen LogP contribution in [0.4, 0.5) is 5.69 Å². The van der Waals surface area contributed by atoms with Crippen molar-refractivity contribution in [1.82, 2.24) is 5.32 Å². The number of ether oxygens (including phenoxy) is 1. The van der Waals surface area contributed by atoms with Crippen molar-refractivity contribution in [3.63, 3.8) is 0 Å². The minimum Gasteiger partial charge on any atom is -0.493 e. The van der Waals surface area contributed by atoms with Crippen molar-refractivity contribution < 1.29 is 14.6 Å². The molecule has 1 amide bonds. The Labute approximate surface area is 120 Å². The topological polar surface area (TPSA) is 84.6 Å². The number of rotatable bonds is 8. The molecule has 0 spiro atoms. The van der Waals surface area contributed by atoms with Crippen LogP contribution < -0.4 is 15.8 Å². The highest BCUT2D eigenvalue weighted by molar-refractivity contribution is 5.76. The highest BCUT2D eigenvalue weighted by atomic mass is 16.5. The molecule has 0 aliphatic heterocycles. The fraction of sp³-hybridized carbons (Fsp3) is 0.533. The molecule has 0 fully saturated rings. The van der Waals surface area contributed by atoms with Crippen LogP contribution >= 0.6 is 0 Å². The first-order valence-corrected chi connectivity index (χ1v) is 6.90. The lowest BCUT2D eigenvalue weighted by atomic mass is 10.0. The van der Waals surface area contributed by atoms with Crippen molar-refractivity contribution in [2.45, 2.75) is 38.7 Å². The molecule has 1 aromatic rings. The standard InChI is InChI=1S/C15H24N2O3/c1-3-8-15(2,19)11-17-14(18)7-9-20-13-6-4-5-12(16)10-13/h4-6,10,19H,3,7-9,11,16H2,1-2H3,(H,17,18). The van der Waals surface area contributed by atoms with E-state index in [0.29, 0.717) is 17.9 Å². The summed E-state index contributed by atoms with van der Waals surface area (Å²) in [5.41, 5.74) is 5.41. The Balaban J connectivity index is 2.23. The Morgan fingerprint density at radius 3 is 2.90 bits per heavy atom. The van der Waals surface area contributed by atoms with E-state index in [0.717, 1.165) is 6.42 Å². The number of aliphatic hydroxyl groups is 1. The molecular formula is C15H24N2O3. The summed E-state index contributed by atoms with van der Waals surface area (Å²) in [7, 11) is 0. The van der Waals surface area contributed by atoms with Gasteiger partial charge in [0.1, 0.15) is 5.75 Å². The van der Waals surface area contributed by atoms with Gasteiger partial charge in [-0.05, 0) is 25.5 Å². The smallest absolute Gasteiger partial charge is 0.223 e. The van der Waals surface area contributed by atoms with Crippen LogP contribution in [0.2, 0.25) is 0 Å². The maximum Gasteiger partial charge on any atom is 0.223 e. The van der Waals surface area contributed by atoms with E-state index < -0.39 is 5.60 Å². The van der Waals surface area contributed by atoms with Gasteiger partial charge < -0.3 is 20.9 Å². The van der Waals surface area contributed by atoms with Crippen molar-refractivity contribution >= 4 is 11.6 Å². The molecule has 1 rings (SSSR count). The third-order valence-corrected chi connectivity index (χ3v) is 2.91. The summed E-state index contributed by atoms with van der Waals surface area (Å²) in [5.74, 6) is 0.515. The van der Waals surface area contributed by atoms with Crippen LogP contribution in [0.15, 0.2) is 24.3 Å². The average molecular weight is 280 g/mol. The second kappa shape index (κ2) is 7.75. The third kappa shape index (κ3) is 6.43. The number of benzene rings is 1. The summed E-state index contributed by atoms with van der Waals surface area (Å²) in [6.45, 7) is 4.26. The van der Waals surface area contributed by atoms with Crippen molar-refractivity contribution in [3.05, 3.63) is 24.3 Å². The molecule has 0 saturated carbocycles. The lowest BCUT2D eigenvalue weighted by Gasteiger charge is -2.22. The van der Waals surface area contributed by atoms with Crippen LogP contribution in [-0.4, -0.2) is 29.8 Å². The first-order valence-electron chi connectivity index (χ1n) is 6.90. The highest BCUT2D eigenvalue weighted by Gasteiger charge is 2.19. The van der Waals surface area contributed by atoms with E-state index >= 15 is 0 Å². The lowest BCUT2D eigenvalue weighted by Crippen LogP contribution is -2.40. The Hall–Kier alpha value is -1.75. The predicted molar refractivity (Wildman–Crippen MR) is 79.5 cm³/mol. The zero-order chi connectivity index (χ0) is 15.0. The van der Waals surface area contributed by atoms with E-state index in [1.165, 1.54) is 0 Å². The van der Waals surface area contributed by atoms with E-state index in [4.69, 9.17) is 10.5 Å². The highest BCUT2D eigenvalue weighted by Crippen LogP contribution is 2.14. The van der Waals surface area contributed by atoms with Gasteiger partial charge in [0.2, 0.25) is 5.91 Å². The van der Waals surface area contributed by atoms with E-state index in [2.05, 4.69) is 5.32 Å². The molecule has 0 radical (unpaired) electrons. The van der Waals surface area contributed by atoms with E-state index in [-0.39, 0.29) is 25.5 Å². The minimum absolute atomic E-state index is 0.134. The van der Waals surface area contributed by atoms with Gasteiger partial charge in [-0.3, -0.25) is 4.79 Å². The number of carbonyl (C=O) groups is 1. The van der Waals surface area contributed by atoms with Crippen molar-refractivity contribution in [1.29, 1.82) is 0 Å². The molecule has 0 aliphatic carbocycles. The number of hydrogen-bond donors (Lipinski definition) is 3. The van der Waals surface area contributed by atoms with Crippen LogP contribution in [0.25, 0.3) is 0 Å². The quantitative estimate of drug-likeness (QED) is 0.633. The summed E-state index contributed by atoms with van der Waals surface area (Å²) in [4.78, 5) is 11.6. The number of nitrogens with one attached hydrogen (secondary N) is 1. The molecule has 5 nitrogen and oxygen atoms in total. The maximum atomic E-state index is 11.6. The number of nitrogen functional groups attached to an aromatic ring is 1. The summed E-state index contributed by atoms with van der Waals surface area (Å²) < 4.78 is 5.43. The van der Waals surface area contributed by atoms with Gasteiger partial charge in [-0.2, -0.15) is 0 Å². The van der Waals surface area contributed by atoms with Gasteiger partial charge in [0, 0.05) is 18.3 Å². The van der Waals surface area contributed by atoms with Crippen molar-refractivity contribution in [2.24, 2.45) is 0 Å². The van der Waals surface area contributed by atoms with Gasteiger partial charge in [-0.15, -0.1) is 0 Å². The Bertz CT molecular complexity index is 433. The number of carbonyl (C=O) groups excluding carboxylic acids is 1. The zero-order valence-corrected chi connectivity index (χ0v) is 12.2. The number of amides is 1. The van der Waals surface area contributed by atoms with Gasteiger partial charge in [-0.25, -0.2) is 0 Å². The molecule has 4 N–H and O–H groups in total. The second-order valence-corrected chi connectivity index (χ2v) is 5.19. The minimum atomic E-state index is -0.848. The molecule has 1 unspecified atom stereocenters. The van der Waals surface area contributed by atoms with Crippen LogP contribution in [0.1, 0.15) is 33.1 Å². The van der Waals surface area contributed by atoms with Gasteiger partial charge in [-0.1, -0.05) is 19.4 Å². The Kier molecular flexibility index (Phi) is 6.31. The summed E-state index contributed by atoms with van der Waals surface area (Å²) in [5, 5.41) is 12.6. The van der Waals surface area contributed by atoms with Gasteiger partial charge >= 0.3 is 0 Å². The molecule has 20 heavy (non-hydrogen) atoms. The van der Waals surface area contributed by atoms with Gasteiger partial charge in [0.05, 0.1) is 18.6 Å². The largest absolute Gasteiger partial charge is 0.493 e. The molecule has 0 aliphatic rings. The van der Waals surface area contributed by atoms with Crippen LogP contribution in [0, 0.1) is 0 Å². The van der Waals surface area contributed by atoms with Gasteiger partial charge in [0.15, 0.2) is 0 Å². The van der Waals surface area contributed by atoms with Crippen molar-refractivity contribution in [3.8, 4) is 5.75 Å².